The van der Waals surface area contributed by atoms with Gasteiger partial charge in [0.05, 0.1) is 0 Å². The molecular formula is C26H51NO2. The van der Waals surface area contributed by atoms with Gasteiger partial charge in [-0.1, -0.05) is 96.1 Å². The number of rotatable bonds is 23. The van der Waals surface area contributed by atoms with E-state index in [1.165, 1.54) is 103 Å². The van der Waals surface area contributed by atoms with E-state index < -0.39 is 0 Å². The standard InChI is InChI=1S/C26H51NO2/c1-2-3-4-5-6-7-8-9-10-11-12-13-14-15-16-17-18-19-20-23-26(29)27-24-21-22-25-28/h9-10,28H,2-8,11-25H2,1H3,(H,27,29)/b10-9-. The van der Waals surface area contributed by atoms with E-state index in [4.69, 9.17) is 5.11 Å². The summed E-state index contributed by atoms with van der Waals surface area (Å²) in [6.07, 6.45) is 29.6. The van der Waals surface area contributed by atoms with E-state index in [1.807, 2.05) is 0 Å². The fraction of sp³-hybridized carbons (Fsp3) is 0.885. The summed E-state index contributed by atoms with van der Waals surface area (Å²) >= 11 is 0. The molecule has 29 heavy (non-hydrogen) atoms. The van der Waals surface area contributed by atoms with Crippen LogP contribution in [0.15, 0.2) is 12.2 Å². The minimum atomic E-state index is 0.170. The summed E-state index contributed by atoms with van der Waals surface area (Å²) in [4.78, 5) is 11.6. The van der Waals surface area contributed by atoms with Crippen molar-refractivity contribution in [1.29, 1.82) is 0 Å². The maximum Gasteiger partial charge on any atom is 0.219 e. The lowest BCUT2D eigenvalue weighted by molar-refractivity contribution is -0.121. The van der Waals surface area contributed by atoms with E-state index in [0.29, 0.717) is 13.0 Å². The van der Waals surface area contributed by atoms with E-state index >= 15 is 0 Å². The van der Waals surface area contributed by atoms with Crippen LogP contribution in [0, 0.1) is 0 Å². The highest BCUT2D eigenvalue weighted by Crippen LogP contribution is 2.12. The van der Waals surface area contributed by atoms with Gasteiger partial charge in [-0.15, -0.1) is 0 Å². The molecule has 0 fully saturated rings. The highest BCUT2D eigenvalue weighted by Gasteiger charge is 2.00. The predicted octanol–water partition coefficient (Wildman–Crippen LogP) is 7.47. The molecule has 0 heterocycles. The Bertz CT molecular complexity index is 355. The van der Waals surface area contributed by atoms with Crippen molar-refractivity contribution in [2.24, 2.45) is 0 Å². The number of nitrogens with one attached hydrogen (secondary N) is 1. The molecule has 3 heteroatoms. The Morgan fingerprint density at radius 1 is 0.655 bits per heavy atom. The highest BCUT2D eigenvalue weighted by atomic mass is 16.2. The van der Waals surface area contributed by atoms with Crippen LogP contribution in [0.1, 0.15) is 135 Å². The largest absolute Gasteiger partial charge is 0.396 e. The molecular weight excluding hydrogens is 358 g/mol. The first-order valence-corrected chi connectivity index (χ1v) is 12.8. The lowest BCUT2D eigenvalue weighted by Gasteiger charge is -2.05. The number of aliphatic hydroxyl groups is 1. The minimum absolute atomic E-state index is 0.170. The average molecular weight is 410 g/mol. The smallest absolute Gasteiger partial charge is 0.219 e. The third-order valence-electron chi connectivity index (χ3n) is 5.57. The number of amides is 1. The van der Waals surface area contributed by atoms with Gasteiger partial charge in [0.1, 0.15) is 0 Å². The molecule has 0 aliphatic carbocycles. The molecule has 0 rings (SSSR count). The van der Waals surface area contributed by atoms with Crippen LogP contribution in [-0.4, -0.2) is 24.2 Å². The molecule has 0 atom stereocenters. The zero-order valence-corrected chi connectivity index (χ0v) is 19.6. The lowest BCUT2D eigenvalue weighted by atomic mass is 10.1. The van der Waals surface area contributed by atoms with Gasteiger partial charge >= 0.3 is 0 Å². The second-order valence-electron chi connectivity index (χ2n) is 8.53. The first kappa shape index (κ1) is 28.2. The third-order valence-corrected chi connectivity index (χ3v) is 5.57. The van der Waals surface area contributed by atoms with Crippen LogP contribution < -0.4 is 5.32 Å². The van der Waals surface area contributed by atoms with Gasteiger partial charge in [-0.2, -0.15) is 0 Å². The first-order chi connectivity index (χ1) is 14.3. The number of carbonyl (C=O) groups is 1. The van der Waals surface area contributed by atoms with Crippen molar-refractivity contribution in [3.63, 3.8) is 0 Å². The summed E-state index contributed by atoms with van der Waals surface area (Å²) < 4.78 is 0. The van der Waals surface area contributed by atoms with Gasteiger partial charge in [-0.25, -0.2) is 0 Å². The van der Waals surface area contributed by atoms with Gasteiger partial charge in [-0.3, -0.25) is 4.79 Å². The fourth-order valence-corrected chi connectivity index (χ4v) is 3.62. The monoisotopic (exact) mass is 409 g/mol. The van der Waals surface area contributed by atoms with Gasteiger partial charge < -0.3 is 10.4 Å². The van der Waals surface area contributed by atoms with E-state index in [1.54, 1.807) is 0 Å². The number of allylic oxidation sites excluding steroid dienone is 2. The first-order valence-electron chi connectivity index (χ1n) is 12.8. The summed E-state index contributed by atoms with van der Waals surface area (Å²) in [5, 5.41) is 11.6. The normalized spacial score (nSPS) is 11.4. The van der Waals surface area contributed by atoms with E-state index in [0.717, 1.165) is 19.3 Å². The van der Waals surface area contributed by atoms with Gasteiger partial charge in [-0.05, 0) is 44.9 Å². The van der Waals surface area contributed by atoms with Crippen molar-refractivity contribution in [2.45, 2.75) is 135 Å². The van der Waals surface area contributed by atoms with Gasteiger partial charge in [0.25, 0.3) is 0 Å². The second kappa shape index (κ2) is 25.2. The molecule has 0 radical (unpaired) electrons. The molecule has 0 unspecified atom stereocenters. The van der Waals surface area contributed by atoms with Crippen LogP contribution in [0.25, 0.3) is 0 Å². The van der Waals surface area contributed by atoms with E-state index in [9.17, 15) is 4.79 Å². The molecule has 0 spiro atoms. The summed E-state index contributed by atoms with van der Waals surface area (Å²) in [5.74, 6) is 0.170. The van der Waals surface area contributed by atoms with Crippen molar-refractivity contribution in [2.75, 3.05) is 13.2 Å². The molecule has 0 aliphatic heterocycles. The maximum atomic E-state index is 11.6. The maximum absolute atomic E-state index is 11.6. The van der Waals surface area contributed by atoms with E-state index in [2.05, 4.69) is 24.4 Å². The Morgan fingerprint density at radius 3 is 1.66 bits per heavy atom. The topological polar surface area (TPSA) is 49.3 Å². The number of hydrogen-bond acceptors (Lipinski definition) is 2. The molecule has 0 saturated heterocycles. The molecule has 172 valence electrons. The van der Waals surface area contributed by atoms with E-state index in [-0.39, 0.29) is 12.5 Å². The number of carbonyl (C=O) groups excluding carboxylic acids is 1. The van der Waals surface area contributed by atoms with Crippen molar-refractivity contribution in [3.8, 4) is 0 Å². The molecule has 0 aromatic heterocycles. The van der Waals surface area contributed by atoms with Crippen LogP contribution in [0.4, 0.5) is 0 Å². The molecule has 0 bridgehead atoms. The Balaban J connectivity index is 3.14. The number of unbranched alkanes of at least 4 members (excludes halogenated alkanes) is 16. The number of aliphatic hydroxyl groups excluding tert-OH is 1. The number of hydrogen-bond donors (Lipinski definition) is 2. The van der Waals surface area contributed by atoms with Crippen LogP contribution in [0.3, 0.4) is 0 Å². The molecule has 0 aliphatic rings. The van der Waals surface area contributed by atoms with Crippen molar-refractivity contribution < 1.29 is 9.90 Å². The highest BCUT2D eigenvalue weighted by molar-refractivity contribution is 5.75. The summed E-state index contributed by atoms with van der Waals surface area (Å²) in [6, 6.07) is 0. The minimum Gasteiger partial charge on any atom is -0.396 e. The Labute approximate surface area is 182 Å². The molecule has 1 amide bonds. The van der Waals surface area contributed by atoms with Crippen molar-refractivity contribution in [1.82, 2.24) is 5.32 Å². The van der Waals surface area contributed by atoms with Gasteiger partial charge in [0.15, 0.2) is 0 Å². The quantitative estimate of drug-likeness (QED) is 0.136. The van der Waals surface area contributed by atoms with Crippen molar-refractivity contribution >= 4 is 5.91 Å². The Hall–Kier alpha value is -0.830. The van der Waals surface area contributed by atoms with Crippen LogP contribution in [-0.2, 0) is 4.79 Å². The van der Waals surface area contributed by atoms with Crippen LogP contribution >= 0.6 is 0 Å². The second-order valence-corrected chi connectivity index (χ2v) is 8.53. The average Bonchev–Trinajstić information content (AvgIpc) is 2.73. The molecule has 0 aromatic rings. The van der Waals surface area contributed by atoms with Crippen LogP contribution in [0.5, 0.6) is 0 Å². The summed E-state index contributed by atoms with van der Waals surface area (Å²) in [7, 11) is 0. The van der Waals surface area contributed by atoms with Crippen molar-refractivity contribution in [3.05, 3.63) is 12.2 Å². The molecule has 0 aromatic carbocycles. The summed E-state index contributed by atoms with van der Waals surface area (Å²) in [5.41, 5.74) is 0. The Kier molecular flexibility index (Phi) is 24.5. The fourth-order valence-electron chi connectivity index (χ4n) is 3.62. The SMILES string of the molecule is CCCCCCCC/C=C\CCCCCCCCCCCC(=O)NCCCCO. The van der Waals surface area contributed by atoms with Gasteiger partial charge in [0.2, 0.25) is 5.91 Å². The third kappa shape index (κ3) is 25.1. The summed E-state index contributed by atoms with van der Waals surface area (Å²) in [6.45, 7) is 3.19. The molecule has 0 saturated carbocycles. The lowest BCUT2D eigenvalue weighted by Crippen LogP contribution is -2.24. The molecule has 2 N–H and O–H groups in total. The Morgan fingerprint density at radius 2 is 1.14 bits per heavy atom. The predicted molar refractivity (Wildman–Crippen MR) is 127 cm³/mol. The molecule has 3 nitrogen and oxygen atoms in total. The zero-order valence-electron chi connectivity index (χ0n) is 19.6. The van der Waals surface area contributed by atoms with Crippen LogP contribution in [0.2, 0.25) is 0 Å². The zero-order chi connectivity index (χ0) is 21.3. The van der Waals surface area contributed by atoms with Gasteiger partial charge in [0, 0.05) is 19.6 Å².